The molecule has 1 heterocycles. The molecule has 5 unspecified atom stereocenters. The van der Waals surface area contributed by atoms with E-state index < -0.39 is 36.1 Å². The molecule has 7 heteroatoms. The number of carbonyl (C=O) groups excluding carboxylic acids is 1. The minimum absolute atomic E-state index is 0.105. The van der Waals surface area contributed by atoms with Crippen LogP contribution in [0.3, 0.4) is 0 Å². The van der Waals surface area contributed by atoms with E-state index in [0.29, 0.717) is 0 Å². The first-order valence-corrected chi connectivity index (χ1v) is 5.84. The smallest absolute Gasteiger partial charge is 0.302 e. The van der Waals surface area contributed by atoms with Crippen LogP contribution in [0.15, 0.2) is 0 Å². The Labute approximate surface area is 105 Å². The molecule has 5 atom stereocenters. The van der Waals surface area contributed by atoms with Crippen molar-refractivity contribution in [2.24, 2.45) is 17.8 Å². The zero-order chi connectivity index (χ0) is 13.7. The van der Waals surface area contributed by atoms with Crippen LogP contribution in [0, 0.1) is 17.8 Å². The molecule has 1 saturated heterocycles. The Morgan fingerprint density at radius 3 is 2.11 bits per heavy atom. The first kappa shape index (κ1) is 15.3. The van der Waals surface area contributed by atoms with Crippen molar-refractivity contribution >= 4 is 5.97 Å². The predicted octanol–water partition coefficient (Wildman–Crippen LogP) is -1.91. The summed E-state index contributed by atoms with van der Waals surface area (Å²) in [6.45, 7) is 0.191. The van der Waals surface area contributed by atoms with Crippen molar-refractivity contribution in [3.8, 4) is 0 Å². The van der Waals surface area contributed by atoms with Gasteiger partial charge in [0.2, 0.25) is 0 Å². The number of aliphatic hydroxyl groups excluding tert-OH is 4. The van der Waals surface area contributed by atoms with Crippen LogP contribution in [0.2, 0.25) is 0 Å². The maximum Gasteiger partial charge on any atom is 0.302 e. The van der Waals surface area contributed by atoms with Crippen molar-refractivity contribution in [2.75, 3.05) is 26.4 Å². The second-order valence-electron chi connectivity index (χ2n) is 4.41. The van der Waals surface area contributed by atoms with Gasteiger partial charge in [0.15, 0.2) is 6.29 Å². The number of rotatable bonds is 5. The second-order valence-corrected chi connectivity index (χ2v) is 4.41. The molecule has 0 spiro atoms. The molecule has 0 bridgehead atoms. The Balaban J connectivity index is 2.76. The van der Waals surface area contributed by atoms with Crippen molar-refractivity contribution in [3.63, 3.8) is 0 Å². The molecular weight excluding hydrogens is 244 g/mol. The van der Waals surface area contributed by atoms with E-state index >= 15 is 0 Å². The summed E-state index contributed by atoms with van der Waals surface area (Å²) in [5.74, 6) is -2.17. The highest BCUT2D eigenvalue weighted by molar-refractivity contribution is 5.65. The van der Waals surface area contributed by atoms with Crippen LogP contribution in [0.5, 0.6) is 0 Å². The summed E-state index contributed by atoms with van der Waals surface area (Å²) >= 11 is 0. The lowest BCUT2D eigenvalue weighted by Crippen LogP contribution is -2.53. The minimum atomic E-state index is -1.25. The molecule has 0 saturated carbocycles. The van der Waals surface area contributed by atoms with Gasteiger partial charge in [0.25, 0.3) is 0 Å². The van der Waals surface area contributed by atoms with Crippen molar-refractivity contribution in [2.45, 2.75) is 19.3 Å². The predicted molar refractivity (Wildman–Crippen MR) is 59.2 cm³/mol. The van der Waals surface area contributed by atoms with Crippen LogP contribution < -0.4 is 0 Å². The van der Waals surface area contributed by atoms with E-state index in [0.717, 1.165) is 0 Å². The highest BCUT2D eigenvalue weighted by Gasteiger charge is 2.44. The van der Waals surface area contributed by atoms with Crippen LogP contribution in [0.4, 0.5) is 0 Å². The number of carbonyl (C=O) groups is 1. The molecule has 0 radical (unpaired) electrons. The van der Waals surface area contributed by atoms with Gasteiger partial charge in [-0.2, -0.15) is 0 Å². The van der Waals surface area contributed by atoms with Gasteiger partial charge in [0.05, 0.1) is 6.61 Å². The van der Waals surface area contributed by atoms with E-state index in [2.05, 4.69) is 0 Å². The Morgan fingerprint density at radius 2 is 1.67 bits per heavy atom. The van der Waals surface area contributed by atoms with Gasteiger partial charge in [-0.05, 0) is 5.92 Å². The van der Waals surface area contributed by atoms with Crippen molar-refractivity contribution in [1.82, 2.24) is 0 Å². The van der Waals surface area contributed by atoms with E-state index in [-0.39, 0.29) is 26.4 Å². The largest absolute Gasteiger partial charge is 0.463 e. The van der Waals surface area contributed by atoms with E-state index in [1.54, 1.807) is 0 Å². The molecule has 4 N–H and O–H groups in total. The van der Waals surface area contributed by atoms with Crippen LogP contribution >= 0.6 is 0 Å². The fraction of sp³-hybridized carbons (Fsp3) is 0.909. The standard InChI is InChI=1S/C11H20O7/c1-6(15)17-5-10-8(3-13)7(2-12)9(4-14)11(16)18-10/h7-14,16H,2-5H2,1H3. The number of hydrogen-bond acceptors (Lipinski definition) is 7. The summed E-state index contributed by atoms with van der Waals surface area (Å²) < 4.78 is 10.0. The highest BCUT2D eigenvalue weighted by atomic mass is 16.6. The average molecular weight is 264 g/mol. The van der Waals surface area contributed by atoms with Crippen LogP contribution in [0.1, 0.15) is 6.92 Å². The lowest BCUT2D eigenvalue weighted by atomic mass is 9.77. The van der Waals surface area contributed by atoms with E-state index in [1.807, 2.05) is 0 Å². The number of aliphatic hydroxyl groups is 4. The maximum atomic E-state index is 10.7. The second kappa shape index (κ2) is 7.01. The van der Waals surface area contributed by atoms with Gasteiger partial charge in [-0.3, -0.25) is 4.79 Å². The first-order chi connectivity index (χ1) is 8.54. The molecule has 1 aliphatic heterocycles. The Hall–Kier alpha value is -0.730. The molecule has 106 valence electrons. The molecular formula is C11H20O7. The molecule has 0 aromatic carbocycles. The van der Waals surface area contributed by atoms with E-state index in [9.17, 15) is 20.1 Å². The monoisotopic (exact) mass is 264 g/mol. The van der Waals surface area contributed by atoms with Crippen molar-refractivity contribution in [1.29, 1.82) is 0 Å². The summed E-state index contributed by atoms with van der Waals surface area (Å²) in [7, 11) is 0. The SMILES string of the molecule is CC(=O)OCC1OC(O)C(CO)C(CO)C1CO. The minimum Gasteiger partial charge on any atom is -0.463 e. The zero-order valence-corrected chi connectivity index (χ0v) is 10.2. The molecule has 1 aliphatic rings. The molecule has 0 aromatic rings. The van der Waals surface area contributed by atoms with Gasteiger partial charge < -0.3 is 29.9 Å². The zero-order valence-electron chi connectivity index (χ0n) is 10.2. The summed E-state index contributed by atoms with van der Waals surface area (Å²) in [5.41, 5.74) is 0. The fourth-order valence-electron chi connectivity index (χ4n) is 2.30. The lowest BCUT2D eigenvalue weighted by Gasteiger charge is -2.43. The summed E-state index contributed by atoms with van der Waals surface area (Å²) in [6.07, 6.45) is -1.95. The van der Waals surface area contributed by atoms with Crippen molar-refractivity contribution in [3.05, 3.63) is 0 Å². The van der Waals surface area contributed by atoms with Gasteiger partial charge in [0, 0.05) is 32.0 Å². The van der Waals surface area contributed by atoms with E-state index in [1.165, 1.54) is 6.92 Å². The number of ether oxygens (including phenoxy) is 2. The normalized spacial score (nSPS) is 36.4. The first-order valence-electron chi connectivity index (χ1n) is 5.84. The van der Waals surface area contributed by atoms with E-state index in [4.69, 9.17) is 14.6 Å². The molecule has 7 nitrogen and oxygen atoms in total. The van der Waals surface area contributed by atoms with Crippen LogP contribution in [0.25, 0.3) is 0 Å². The average Bonchev–Trinajstić information content (AvgIpc) is 2.34. The molecule has 0 aliphatic carbocycles. The molecule has 0 aromatic heterocycles. The molecule has 1 fully saturated rings. The molecule has 1 rings (SSSR count). The van der Waals surface area contributed by atoms with Gasteiger partial charge in [-0.15, -0.1) is 0 Å². The summed E-state index contributed by atoms with van der Waals surface area (Å²) in [6, 6.07) is 0. The maximum absolute atomic E-state index is 10.7. The number of hydrogen-bond donors (Lipinski definition) is 4. The lowest BCUT2D eigenvalue weighted by molar-refractivity contribution is -0.257. The van der Waals surface area contributed by atoms with Gasteiger partial charge in [-0.1, -0.05) is 0 Å². The van der Waals surface area contributed by atoms with Gasteiger partial charge >= 0.3 is 5.97 Å². The summed E-state index contributed by atoms with van der Waals surface area (Å²) in [4.78, 5) is 10.7. The van der Waals surface area contributed by atoms with Crippen LogP contribution in [-0.4, -0.2) is 65.2 Å². The number of esters is 1. The third kappa shape index (κ3) is 3.39. The quantitative estimate of drug-likeness (QED) is 0.428. The highest BCUT2D eigenvalue weighted by Crippen LogP contribution is 2.34. The van der Waals surface area contributed by atoms with Crippen LogP contribution in [-0.2, 0) is 14.3 Å². The van der Waals surface area contributed by atoms with Gasteiger partial charge in [-0.25, -0.2) is 0 Å². The molecule has 18 heavy (non-hydrogen) atoms. The third-order valence-corrected chi connectivity index (χ3v) is 3.34. The molecule has 0 amide bonds. The fourth-order valence-corrected chi connectivity index (χ4v) is 2.30. The van der Waals surface area contributed by atoms with Gasteiger partial charge in [0.1, 0.15) is 12.7 Å². The Morgan fingerprint density at radius 1 is 1.11 bits per heavy atom. The Kier molecular flexibility index (Phi) is 5.97. The Bertz CT molecular complexity index is 270. The summed E-state index contributed by atoms with van der Waals surface area (Å²) in [5, 5.41) is 37.5. The van der Waals surface area contributed by atoms with Crippen molar-refractivity contribution < 1.29 is 34.7 Å². The third-order valence-electron chi connectivity index (χ3n) is 3.34. The topological polar surface area (TPSA) is 116 Å².